The molecule has 0 saturated carbocycles. The molecule has 0 amide bonds. The number of fused-ring (bicyclic) bond motifs is 1. The summed E-state index contributed by atoms with van der Waals surface area (Å²) in [6.07, 6.45) is 1.04. The first-order valence-corrected chi connectivity index (χ1v) is 6.00. The molecule has 0 unspecified atom stereocenters. The molecule has 0 aliphatic carbocycles. The van der Waals surface area contributed by atoms with E-state index in [0.717, 1.165) is 37.6 Å². The molecule has 94 valence electrons. The van der Waals surface area contributed by atoms with Crippen LogP contribution in [0, 0.1) is 0 Å². The zero-order valence-corrected chi connectivity index (χ0v) is 10.7. The first-order valence-electron chi connectivity index (χ1n) is 6.00. The second-order valence-corrected chi connectivity index (χ2v) is 4.16. The zero-order valence-electron chi connectivity index (χ0n) is 10.7. The van der Waals surface area contributed by atoms with Gasteiger partial charge in [0.25, 0.3) is 0 Å². The Balaban J connectivity index is 2.25. The fraction of sp³-hybridized carbons (Fsp3) is 0.538. The Morgan fingerprint density at radius 2 is 1.82 bits per heavy atom. The summed E-state index contributed by atoms with van der Waals surface area (Å²) in [4.78, 5) is 0. The van der Waals surface area contributed by atoms with Gasteiger partial charge in [0, 0.05) is 19.6 Å². The van der Waals surface area contributed by atoms with E-state index in [2.05, 4.69) is 29.5 Å². The number of nitrogens with zero attached hydrogens (tertiary/aromatic N) is 1. The van der Waals surface area contributed by atoms with Crippen LogP contribution in [0.3, 0.4) is 0 Å². The predicted molar refractivity (Wildman–Crippen MR) is 67.3 cm³/mol. The highest BCUT2D eigenvalue weighted by Crippen LogP contribution is 2.32. The molecule has 4 heteroatoms. The maximum atomic E-state index is 5.33. The molecular weight excluding hydrogens is 216 g/mol. The van der Waals surface area contributed by atoms with Crippen molar-refractivity contribution < 1.29 is 9.47 Å². The van der Waals surface area contributed by atoms with Gasteiger partial charge in [-0.25, -0.2) is 5.01 Å². The lowest BCUT2D eigenvalue weighted by atomic mass is 10.00. The molecule has 1 aromatic carbocycles. The van der Waals surface area contributed by atoms with E-state index in [9.17, 15) is 0 Å². The molecule has 0 fully saturated rings. The van der Waals surface area contributed by atoms with Gasteiger partial charge in [0.05, 0.1) is 14.2 Å². The lowest BCUT2D eigenvalue weighted by molar-refractivity contribution is 0.173. The van der Waals surface area contributed by atoms with Gasteiger partial charge in [-0.2, -0.15) is 0 Å². The molecule has 1 heterocycles. The van der Waals surface area contributed by atoms with Crippen molar-refractivity contribution in [2.45, 2.75) is 19.9 Å². The summed E-state index contributed by atoms with van der Waals surface area (Å²) in [6, 6.07) is 4.18. The third-order valence-corrected chi connectivity index (χ3v) is 3.10. The Morgan fingerprint density at radius 3 is 2.41 bits per heavy atom. The molecule has 1 N–H and O–H groups in total. The predicted octanol–water partition coefficient (Wildman–Crippen LogP) is 1.59. The maximum absolute atomic E-state index is 5.33. The van der Waals surface area contributed by atoms with Crippen molar-refractivity contribution in [2.75, 3.05) is 27.3 Å². The molecule has 1 aliphatic rings. The fourth-order valence-corrected chi connectivity index (χ4v) is 2.24. The Bertz CT molecular complexity index is 393. The van der Waals surface area contributed by atoms with E-state index in [1.807, 2.05) is 0 Å². The largest absolute Gasteiger partial charge is 0.493 e. The smallest absolute Gasteiger partial charge is 0.161 e. The number of ether oxygens (including phenoxy) is 2. The van der Waals surface area contributed by atoms with E-state index >= 15 is 0 Å². The Kier molecular flexibility index (Phi) is 3.86. The van der Waals surface area contributed by atoms with Gasteiger partial charge in [-0.1, -0.05) is 6.92 Å². The minimum absolute atomic E-state index is 0.810. The van der Waals surface area contributed by atoms with Crippen LogP contribution in [0.15, 0.2) is 12.1 Å². The second-order valence-electron chi connectivity index (χ2n) is 4.16. The maximum Gasteiger partial charge on any atom is 0.161 e. The van der Waals surface area contributed by atoms with Gasteiger partial charge in [-0.15, -0.1) is 0 Å². The van der Waals surface area contributed by atoms with Crippen LogP contribution in [0.1, 0.15) is 18.1 Å². The lowest BCUT2D eigenvalue weighted by Crippen LogP contribution is -2.41. The van der Waals surface area contributed by atoms with Crippen molar-refractivity contribution in [3.05, 3.63) is 23.3 Å². The summed E-state index contributed by atoms with van der Waals surface area (Å²) in [5, 5.41) is 2.24. The number of benzene rings is 1. The minimum Gasteiger partial charge on any atom is -0.493 e. The number of rotatable bonds is 4. The molecule has 0 saturated heterocycles. The molecule has 17 heavy (non-hydrogen) atoms. The highest BCUT2D eigenvalue weighted by atomic mass is 16.5. The van der Waals surface area contributed by atoms with Crippen LogP contribution in [-0.2, 0) is 13.0 Å². The van der Waals surface area contributed by atoms with E-state index < -0.39 is 0 Å². The number of hydrazine groups is 1. The molecule has 1 aliphatic heterocycles. The summed E-state index contributed by atoms with van der Waals surface area (Å²) in [5.74, 6) is 1.63. The average Bonchev–Trinajstić information content (AvgIpc) is 2.37. The topological polar surface area (TPSA) is 33.7 Å². The molecule has 0 aromatic heterocycles. The molecule has 0 radical (unpaired) electrons. The van der Waals surface area contributed by atoms with E-state index in [1.54, 1.807) is 14.2 Å². The Morgan fingerprint density at radius 1 is 1.18 bits per heavy atom. The summed E-state index contributed by atoms with van der Waals surface area (Å²) in [5.41, 5.74) is 6.03. The van der Waals surface area contributed by atoms with Crippen molar-refractivity contribution in [1.29, 1.82) is 0 Å². The highest BCUT2D eigenvalue weighted by molar-refractivity contribution is 5.48. The van der Waals surface area contributed by atoms with Gasteiger partial charge >= 0.3 is 0 Å². The van der Waals surface area contributed by atoms with E-state index in [-0.39, 0.29) is 0 Å². The van der Waals surface area contributed by atoms with Crippen molar-refractivity contribution in [3.8, 4) is 11.5 Å². The number of nitrogens with one attached hydrogen (secondary N) is 1. The summed E-state index contributed by atoms with van der Waals surface area (Å²) >= 11 is 0. The first kappa shape index (κ1) is 12.2. The molecule has 0 spiro atoms. The summed E-state index contributed by atoms with van der Waals surface area (Å²) < 4.78 is 10.7. The van der Waals surface area contributed by atoms with Gasteiger partial charge < -0.3 is 9.47 Å². The van der Waals surface area contributed by atoms with Crippen molar-refractivity contribution in [1.82, 2.24) is 10.4 Å². The first-order chi connectivity index (χ1) is 8.28. The SMILES string of the molecule is CCNN1CCc2cc(OC)c(OC)cc2C1. The van der Waals surface area contributed by atoms with Crippen molar-refractivity contribution in [3.63, 3.8) is 0 Å². The van der Waals surface area contributed by atoms with E-state index in [4.69, 9.17) is 9.47 Å². The van der Waals surface area contributed by atoms with Crippen LogP contribution in [0.25, 0.3) is 0 Å². The quantitative estimate of drug-likeness (QED) is 0.860. The number of hydrogen-bond acceptors (Lipinski definition) is 4. The molecule has 0 bridgehead atoms. The van der Waals surface area contributed by atoms with Crippen LogP contribution in [-0.4, -0.2) is 32.3 Å². The van der Waals surface area contributed by atoms with Gasteiger partial charge in [0.2, 0.25) is 0 Å². The highest BCUT2D eigenvalue weighted by Gasteiger charge is 2.18. The van der Waals surface area contributed by atoms with E-state index in [0.29, 0.717) is 0 Å². The minimum atomic E-state index is 0.810. The van der Waals surface area contributed by atoms with Crippen LogP contribution in [0.4, 0.5) is 0 Å². The van der Waals surface area contributed by atoms with Crippen LogP contribution >= 0.6 is 0 Å². The fourth-order valence-electron chi connectivity index (χ4n) is 2.24. The normalized spacial score (nSPS) is 15.5. The lowest BCUT2D eigenvalue weighted by Gasteiger charge is -2.29. The average molecular weight is 236 g/mol. The second kappa shape index (κ2) is 5.38. The number of hydrogen-bond donors (Lipinski definition) is 1. The van der Waals surface area contributed by atoms with E-state index in [1.165, 1.54) is 11.1 Å². The zero-order chi connectivity index (χ0) is 12.3. The van der Waals surface area contributed by atoms with Crippen molar-refractivity contribution >= 4 is 0 Å². The molecule has 1 aromatic rings. The van der Waals surface area contributed by atoms with Crippen LogP contribution < -0.4 is 14.9 Å². The number of methoxy groups -OCH3 is 2. The monoisotopic (exact) mass is 236 g/mol. The van der Waals surface area contributed by atoms with Gasteiger partial charge in [0.1, 0.15) is 0 Å². The Labute approximate surface area is 102 Å². The third-order valence-electron chi connectivity index (χ3n) is 3.10. The van der Waals surface area contributed by atoms with Gasteiger partial charge in [0.15, 0.2) is 11.5 Å². The third kappa shape index (κ3) is 2.53. The molecular formula is C13H20N2O2. The summed E-state index contributed by atoms with van der Waals surface area (Å²) in [7, 11) is 3.35. The van der Waals surface area contributed by atoms with Crippen LogP contribution in [0.5, 0.6) is 11.5 Å². The van der Waals surface area contributed by atoms with Gasteiger partial charge in [-0.3, -0.25) is 5.43 Å². The van der Waals surface area contributed by atoms with Crippen molar-refractivity contribution in [2.24, 2.45) is 0 Å². The summed E-state index contributed by atoms with van der Waals surface area (Å²) in [6.45, 7) is 5.03. The molecule has 4 nitrogen and oxygen atoms in total. The standard InChI is InChI=1S/C13H20N2O2/c1-4-14-15-6-5-10-7-12(16-2)13(17-3)8-11(10)9-15/h7-8,14H,4-6,9H2,1-3H3. The molecule has 0 atom stereocenters. The Hall–Kier alpha value is -1.26. The van der Waals surface area contributed by atoms with Crippen LogP contribution in [0.2, 0.25) is 0 Å². The van der Waals surface area contributed by atoms with Gasteiger partial charge in [-0.05, 0) is 29.7 Å². The molecule has 2 rings (SSSR count).